The summed E-state index contributed by atoms with van der Waals surface area (Å²) >= 11 is 0. The highest BCUT2D eigenvalue weighted by molar-refractivity contribution is 6.03. The van der Waals surface area contributed by atoms with Gasteiger partial charge >= 0.3 is 0 Å². The zero-order chi connectivity index (χ0) is 36.4. The highest BCUT2D eigenvalue weighted by Gasteiger charge is 2.32. The topological polar surface area (TPSA) is 95.2 Å². The molecule has 4 aromatic carbocycles. The summed E-state index contributed by atoms with van der Waals surface area (Å²) in [4.78, 5) is 38.1. The van der Waals surface area contributed by atoms with Gasteiger partial charge in [-0.15, -0.1) is 0 Å². The largest absolute Gasteiger partial charge is 0.494 e. The third-order valence-corrected chi connectivity index (χ3v) is 9.89. The number of carbonyl (C=O) groups excluding carboxylic acids is 1. The van der Waals surface area contributed by atoms with Crippen molar-refractivity contribution < 1.29 is 19.0 Å². The molecule has 53 heavy (non-hydrogen) atoms. The van der Waals surface area contributed by atoms with E-state index in [2.05, 4.69) is 4.99 Å². The quantitative estimate of drug-likeness (QED) is 0.0949. The molecule has 272 valence electrons. The zero-order valence-electron chi connectivity index (χ0n) is 30.3. The van der Waals surface area contributed by atoms with Crippen LogP contribution in [0.25, 0.3) is 28.7 Å². The molecule has 0 bridgehead atoms. The van der Waals surface area contributed by atoms with Crippen LogP contribution in [0, 0.1) is 0 Å². The minimum Gasteiger partial charge on any atom is -0.494 e. The summed E-state index contributed by atoms with van der Waals surface area (Å²) < 4.78 is 19.4. The molecule has 9 heteroatoms. The van der Waals surface area contributed by atoms with Crippen LogP contribution in [0.15, 0.2) is 101 Å². The number of ether oxygens (including phenoxy) is 3. The number of hydrogen-bond acceptors (Lipinski definition) is 7. The van der Waals surface area contributed by atoms with Crippen LogP contribution in [0.1, 0.15) is 79.5 Å². The Morgan fingerprint density at radius 2 is 1.49 bits per heavy atom. The molecule has 9 nitrogen and oxygen atoms in total. The summed E-state index contributed by atoms with van der Waals surface area (Å²) in [6.45, 7) is 2.00. The normalized spacial score (nSPS) is 15.1. The molecule has 1 aromatic heterocycles. The summed E-state index contributed by atoms with van der Waals surface area (Å²) in [6.07, 6.45) is 15.3. The molecule has 0 saturated carbocycles. The average Bonchev–Trinajstić information content (AvgIpc) is 3.63. The molecule has 1 saturated heterocycles. The van der Waals surface area contributed by atoms with Gasteiger partial charge in [-0.1, -0.05) is 80.6 Å². The van der Waals surface area contributed by atoms with Gasteiger partial charge in [0, 0.05) is 18.8 Å². The lowest BCUT2D eigenvalue weighted by Crippen LogP contribution is -2.35. The lowest BCUT2D eigenvalue weighted by molar-refractivity contribution is 0.0774. The number of methoxy groups -OCH3 is 1. The smallest absolute Gasteiger partial charge is 0.266 e. The number of nitrogens with zero attached hydrogens (tertiary/aromatic N) is 4. The van der Waals surface area contributed by atoms with E-state index in [1.807, 2.05) is 108 Å². The Morgan fingerprint density at radius 1 is 0.774 bits per heavy atom. The molecule has 0 spiro atoms. The van der Waals surface area contributed by atoms with Crippen molar-refractivity contribution in [1.82, 2.24) is 14.5 Å². The average molecular weight is 711 g/mol. The number of unbranched alkanes of at least 4 members (excludes halogenated alkanes) is 6. The van der Waals surface area contributed by atoms with Gasteiger partial charge in [-0.2, -0.15) is 0 Å². The number of amides is 1. The summed E-state index contributed by atoms with van der Waals surface area (Å²) in [5.74, 6) is 2.57. The van der Waals surface area contributed by atoms with Crippen molar-refractivity contribution in [2.45, 2.75) is 63.8 Å². The molecular weight excluding hydrogens is 665 g/mol. The fraction of sp³-hybridized carbons (Fsp3) is 0.318. The van der Waals surface area contributed by atoms with Gasteiger partial charge in [0.1, 0.15) is 11.6 Å². The molecule has 5 aromatic rings. The van der Waals surface area contributed by atoms with E-state index in [0.717, 1.165) is 74.9 Å². The number of aromatic nitrogens is 2. The number of carbonyl (C=O) groups is 1. The van der Waals surface area contributed by atoms with E-state index in [9.17, 15) is 9.59 Å². The molecule has 2 aliphatic rings. The van der Waals surface area contributed by atoms with E-state index in [4.69, 9.17) is 19.2 Å². The van der Waals surface area contributed by atoms with Crippen molar-refractivity contribution in [2.75, 3.05) is 26.9 Å². The monoisotopic (exact) mass is 710 g/mol. The van der Waals surface area contributed by atoms with Gasteiger partial charge < -0.3 is 19.1 Å². The summed E-state index contributed by atoms with van der Waals surface area (Å²) in [5.41, 5.74) is 3.56. The Bertz CT molecular complexity index is 2140. The van der Waals surface area contributed by atoms with E-state index in [1.54, 1.807) is 17.7 Å². The number of hydrogen-bond donors (Lipinski definition) is 0. The molecule has 3 heterocycles. The Kier molecular flexibility index (Phi) is 11.6. The van der Waals surface area contributed by atoms with Crippen molar-refractivity contribution in [3.8, 4) is 22.9 Å². The van der Waals surface area contributed by atoms with E-state index >= 15 is 0 Å². The van der Waals surface area contributed by atoms with Gasteiger partial charge in [0.05, 0.1) is 54.2 Å². The number of aliphatic imine (C=N–C) groups is 1. The molecule has 2 aliphatic heterocycles. The lowest BCUT2D eigenvalue weighted by Gasteiger charge is -2.20. The van der Waals surface area contributed by atoms with Crippen LogP contribution in [0.5, 0.6) is 17.2 Å². The lowest BCUT2D eigenvalue weighted by atomic mass is 10.1. The standard InChI is InChI=1S/C44H46N4O5/c1-51-40-29-37-39(45-31-34-17-14-26-47(34)43(37)49)30-41(40)53-28-13-6-4-2-3-5-12-27-52-35-23-21-33(22-24-35)48-42(25-20-32-15-8-7-9-16-32)46-38-19-11-10-18-36(38)44(48)50/h7-11,15-16,18-25,29-31,34H,2-6,12-14,17,26-28H2,1H3/b25-20+/t34-/m0/s1. The fourth-order valence-corrected chi connectivity index (χ4v) is 7.02. The second-order valence-corrected chi connectivity index (χ2v) is 13.5. The minimum absolute atomic E-state index is 0.0156. The third kappa shape index (κ3) is 8.52. The molecule has 0 aliphatic carbocycles. The van der Waals surface area contributed by atoms with E-state index in [1.165, 1.54) is 6.42 Å². The highest BCUT2D eigenvalue weighted by atomic mass is 16.5. The van der Waals surface area contributed by atoms with E-state index in [-0.39, 0.29) is 17.5 Å². The Labute approximate surface area is 310 Å². The number of benzene rings is 4. The van der Waals surface area contributed by atoms with E-state index in [0.29, 0.717) is 52.7 Å². The van der Waals surface area contributed by atoms with Gasteiger partial charge in [0.25, 0.3) is 11.5 Å². The van der Waals surface area contributed by atoms with Gasteiger partial charge in [-0.05, 0) is 79.8 Å². The van der Waals surface area contributed by atoms with Gasteiger partial charge in [-0.25, -0.2) is 4.98 Å². The number of rotatable bonds is 16. The van der Waals surface area contributed by atoms with Crippen molar-refractivity contribution in [3.63, 3.8) is 0 Å². The molecular formula is C44H46N4O5. The SMILES string of the molecule is COc1cc2c(cc1OCCCCCCCCCOc1ccc(-n3c(/C=C/c4ccccc4)nc4ccccc4c3=O)cc1)N=C[C@@H]1CCCN1C2=O. The maximum Gasteiger partial charge on any atom is 0.266 e. The predicted molar refractivity (Wildman–Crippen MR) is 211 cm³/mol. The maximum atomic E-state index is 13.6. The van der Waals surface area contributed by atoms with Crippen LogP contribution in [-0.2, 0) is 0 Å². The Balaban J connectivity index is 0.831. The molecule has 0 N–H and O–H groups in total. The second-order valence-electron chi connectivity index (χ2n) is 13.5. The van der Waals surface area contributed by atoms with Gasteiger partial charge in [0.2, 0.25) is 0 Å². The van der Waals surface area contributed by atoms with Crippen LogP contribution in [0.2, 0.25) is 0 Å². The number of para-hydroxylation sites is 1. The molecule has 7 rings (SSSR count). The summed E-state index contributed by atoms with van der Waals surface area (Å²) in [7, 11) is 1.61. The first-order valence-electron chi connectivity index (χ1n) is 18.8. The van der Waals surface area contributed by atoms with Crippen LogP contribution in [-0.4, -0.2) is 59.5 Å². The third-order valence-electron chi connectivity index (χ3n) is 9.89. The maximum absolute atomic E-state index is 13.6. The summed E-state index contributed by atoms with van der Waals surface area (Å²) in [6, 6.07) is 28.8. The number of fused-ring (bicyclic) bond motifs is 3. The zero-order valence-corrected chi connectivity index (χ0v) is 30.3. The van der Waals surface area contributed by atoms with Crippen LogP contribution in [0.3, 0.4) is 0 Å². The van der Waals surface area contributed by atoms with E-state index < -0.39 is 0 Å². The molecule has 0 unspecified atom stereocenters. The first-order valence-corrected chi connectivity index (χ1v) is 18.8. The first-order chi connectivity index (χ1) is 26.1. The predicted octanol–water partition coefficient (Wildman–Crippen LogP) is 9.07. The summed E-state index contributed by atoms with van der Waals surface area (Å²) in [5, 5.41) is 0.578. The Morgan fingerprint density at radius 3 is 2.26 bits per heavy atom. The Hall–Kier alpha value is -5.70. The van der Waals surface area contributed by atoms with Gasteiger partial charge in [0.15, 0.2) is 11.5 Å². The molecule has 1 fully saturated rings. The van der Waals surface area contributed by atoms with Crippen molar-refractivity contribution in [3.05, 3.63) is 118 Å². The van der Waals surface area contributed by atoms with Crippen LogP contribution in [0.4, 0.5) is 5.69 Å². The minimum atomic E-state index is -0.108. The molecule has 1 amide bonds. The molecule has 1 atom stereocenters. The fourth-order valence-electron chi connectivity index (χ4n) is 7.02. The van der Waals surface area contributed by atoms with Crippen LogP contribution < -0.4 is 19.8 Å². The molecule has 0 radical (unpaired) electrons. The second kappa shape index (κ2) is 17.2. The van der Waals surface area contributed by atoms with Gasteiger partial charge in [-0.3, -0.25) is 19.1 Å². The highest BCUT2D eigenvalue weighted by Crippen LogP contribution is 2.38. The van der Waals surface area contributed by atoms with Crippen molar-refractivity contribution in [1.29, 1.82) is 0 Å². The first kappa shape index (κ1) is 35.7. The van der Waals surface area contributed by atoms with Crippen molar-refractivity contribution in [2.24, 2.45) is 4.99 Å². The van der Waals surface area contributed by atoms with Crippen molar-refractivity contribution >= 4 is 40.9 Å². The van der Waals surface area contributed by atoms with Crippen LogP contribution >= 0.6 is 0 Å².